The van der Waals surface area contributed by atoms with Gasteiger partial charge in [-0.3, -0.25) is 5.43 Å². The number of nitrogens with zero attached hydrogens (tertiary/aromatic N) is 3. The van der Waals surface area contributed by atoms with Gasteiger partial charge in [-0.1, -0.05) is 0 Å². The minimum atomic E-state index is -0.927. The molecule has 1 aromatic rings. The van der Waals surface area contributed by atoms with Crippen molar-refractivity contribution in [2.75, 3.05) is 18.5 Å². The van der Waals surface area contributed by atoms with E-state index in [9.17, 15) is 14.4 Å². The molecule has 2 rings (SSSR count). The number of hydrogen-bond acceptors (Lipinski definition) is 4. The number of nitrogens with one attached hydrogen (secondary N) is 1. The number of amides is 1. The van der Waals surface area contributed by atoms with Gasteiger partial charge in [-0.15, -0.1) is 0 Å². The summed E-state index contributed by atoms with van der Waals surface area (Å²) in [7, 11) is 0. The lowest BCUT2D eigenvalue weighted by Gasteiger charge is -2.31. The van der Waals surface area contributed by atoms with Crippen LogP contribution in [0.2, 0.25) is 0 Å². The van der Waals surface area contributed by atoms with Crippen LogP contribution in [-0.2, 0) is 0 Å². The fraction of sp³-hybridized carbons (Fsp3) is 0.400. The largest absolute Gasteiger partial charge is 0.465 e. The molecule has 1 heterocycles. The summed E-state index contributed by atoms with van der Waals surface area (Å²) in [5.74, 6) is -0.730. The van der Waals surface area contributed by atoms with E-state index < -0.39 is 12.0 Å². The first-order valence-corrected chi connectivity index (χ1v) is 8.82. The normalized spacial score (nSPS) is 16.8. The molecule has 1 aliphatic rings. The van der Waals surface area contributed by atoms with Crippen molar-refractivity contribution in [3.8, 4) is 6.07 Å². The molecule has 1 aromatic carbocycles. The molecule has 1 fully saturated rings. The Morgan fingerprint density at radius 1 is 1.46 bits per heavy atom. The topological polar surface area (TPSA) is 88.7 Å². The van der Waals surface area contributed by atoms with Crippen molar-refractivity contribution in [3.05, 3.63) is 26.9 Å². The van der Waals surface area contributed by atoms with Crippen LogP contribution in [0.5, 0.6) is 0 Å². The average Bonchev–Trinajstić information content (AvgIpc) is 2.53. The molecule has 0 aromatic heterocycles. The minimum Gasteiger partial charge on any atom is -0.465 e. The van der Waals surface area contributed by atoms with E-state index in [1.54, 1.807) is 0 Å². The van der Waals surface area contributed by atoms with Crippen LogP contribution in [0.15, 0.2) is 26.2 Å². The number of rotatable bonds is 4. The number of hydrazone groups is 1. The van der Waals surface area contributed by atoms with E-state index in [4.69, 9.17) is 5.11 Å². The van der Waals surface area contributed by atoms with Gasteiger partial charge < -0.3 is 10.0 Å². The predicted molar refractivity (Wildman–Crippen MR) is 95.3 cm³/mol. The number of benzene rings is 1. The third kappa shape index (κ3) is 4.68. The number of nitriles is 1. The summed E-state index contributed by atoms with van der Waals surface area (Å²) in [4.78, 5) is 12.3. The van der Waals surface area contributed by atoms with E-state index in [0.717, 1.165) is 0 Å². The van der Waals surface area contributed by atoms with Crippen LogP contribution in [0, 0.1) is 29.0 Å². The van der Waals surface area contributed by atoms with Gasteiger partial charge in [-0.25, -0.2) is 9.18 Å². The van der Waals surface area contributed by atoms with Gasteiger partial charge in [-0.2, -0.15) is 10.4 Å². The van der Waals surface area contributed by atoms with Crippen molar-refractivity contribution in [3.63, 3.8) is 0 Å². The van der Waals surface area contributed by atoms with Gasteiger partial charge in [0, 0.05) is 28.2 Å². The second-order valence-electron chi connectivity index (χ2n) is 5.40. The standard InChI is InChI=1S/C15H15Br2FN4O2/c16-12-5-11(18)6-13(17)14(12)21-20-8-10(7-19)9-1-3-22(4-2-9)15(23)24/h5-6,8-10,21H,1-4H2,(H,23,24). The maximum atomic E-state index is 13.2. The van der Waals surface area contributed by atoms with E-state index >= 15 is 0 Å². The van der Waals surface area contributed by atoms with Gasteiger partial charge in [0.05, 0.1) is 17.7 Å². The number of anilines is 1. The quantitative estimate of drug-likeness (QED) is 0.517. The highest BCUT2D eigenvalue weighted by Crippen LogP contribution is 2.32. The molecule has 0 radical (unpaired) electrons. The Hall–Kier alpha value is -1.66. The molecular formula is C15H15Br2FN4O2. The Bertz CT molecular complexity index is 662. The molecule has 0 spiro atoms. The van der Waals surface area contributed by atoms with Crippen molar-refractivity contribution < 1.29 is 14.3 Å². The first-order valence-electron chi connectivity index (χ1n) is 7.23. The van der Waals surface area contributed by atoms with Gasteiger partial charge >= 0.3 is 6.09 Å². The zero-order chi connectivity index (χ0) is 17.7. The number of halogens is 3. The fourth-order valence-corrected chi connectivity index (χ4v) is 3.85. The van der Waals surface area contributed by atoms with Crippen LogP contribution >= 0.6 is 31.9 Å². The van der Waals surface area contributed by atoms with Crippen molar-refractivity contribution in [2.45, 2.75) is 12.8 Å². The van der Waals surface area contributed by atoms with E-state index in [0.29, 0.717) is 40.6 Å². The highest BCUT2D eigenvalue weighted by molar-refractivity contribution is 9.11. The monoisotopic (exact) mass is 460 g/mol. The SMILES string of the molecule is N#CC(C=NNc1c(Br)cc(F)cc1Br)C1CCN(C(=O)O)CC1. The van der Waals surface area contributed by atoms with E-state index in [1.807, 2.05) is 0 Å². The second kappa shape index (κ2) is 8.44. The summed E-state index contributed by atoms with van der Waals surface area (Å²) in [5.41, 5.74) is 3.35. The summed E-state index contributed by atoms with van der Waals surface area (Å²) >= 11 is 6.49. The van der Waals surface area contributed by atoms with Crippen LogP contribution in [0.1, 0.15) is 12.8 Å². The van der Waals surface area contributed by atoms with Crippen LogP contribution in [0.3, 0.4) is 0 Å². The molecule has 9 heteroatoms. The third-order valence-electron chi connectivity index (χ3n) is 3.89. The summed E-state index contributed by atoms with van der Waals surface area (Å²) < 4.78 is 14.2. The molecule has 1 aliphatic heterocycles. The fourth-order valence-electron chi connectivity index (χ4n) is 2.54. The van der Waals surface area contributed by atoms with Gasteiger partial charge in [0.15, 0.2) is 0 Å². The number of carbonyl (C=O) groups is 1. The molecule has 6 nitrogen and oxygen atoms in total. The van der Waals surface area contributed by atoms with E-state index in [1.165, 1.54) is 23.2 Å². The summed E-state index contributed by atoms with van der Waals surface area (Å²) in [6.45, 7) is 0.850. The van der Waals surface area contributed by atoms with E-state index in [-0.39, 0.29) is 11.7 Å². The number of hydrogen-bond donors (Lipinski definition) is 2. The Labute approximate surface area is 155 Å². The van der Waals surface area contributed by atoms with Gasteiger partial charge in [-0.05, 0) is 62.8 Å². The zero-order valence-corrected chi connectivity index (χ0v) is 15.7. The van der Waals surface area contributed by atoms with Crippen LogP contribution in [0.25, 0.3) is 0 Å². The zero-order valence-electron chi connectivity index (χ0n) is 12.5. The number of carboxylic acid groups (broad SMARTS) is 1. The Kier molecular flexibility index (Phi) is 6.57. The lowest BCUT2D eigenvalue weighted by atomic mass is 9.86. The maximum Gasteiger partial charge on any atom is 0.407 e. The third-order valence-corrected chi connectivity index (χ3v) is 5.14. The predicted octanol–water partition coefficient (Wildman–Crippen LogP) is 4.28. The highest BCUT2D eigenvalue weighted by atomic mass is 79.9. The molecular weight excluding hydrogens is 447 g/mol. The lowest BCUT2D eigenvalue weighted by Crippen LogP contribution is -2.39. The summed E-state index contributed by atoms with van der Waals surface area (Å²) in [6, 6.07) is 4.82. The molecule has 128 valence electrons. The van der Waals surface area contributed by atoms with Crippen molar-refractivity contribution in [1.29, 1.82) is 5.26 Å². The van der Waals surface area contributed by atoms with Crippen LogP contribution < -0.4 is 5.43 Å². The summed E-state index contributed by atoms with van der Waals surface area (Å²) in [6.07, 6.45) is 1.84. The first-order chi connectivity index (χ1) is 11.4. The molecule has 2 N–H and O–H groups in total. The first kappa shape index (κ1) is 18.7. The molecule has 0 aliphatic carbocycles. The molecule has 1 amide bonds. The molecule has 0 saturated carbocycles. The van der Waals surface area contributed by atoms with E-state index in [2.05, 4.69) is 48.5 Å². The lowest BCUT2D eigenvalue weighted by molar-refractivity contribution is 0.122. The number of likely N-dealkylation sites (tertiary alicyclic amines) is 1. The van der Waals surface area contributed by atoms with Crippen LogP contribution in [-0.4, -0.2) is 35.4 Å². The van der Waals surface area contributed by atoms with Crippen LogP contribution in [0.4, 0.5) is 14.9 Å². The molecule has 1 unspecified atom stereocenters. The smallest absolute Gasteiger partial charge is 0.407 e. The van der Waals surface area contributed by atoms with Gasteiger partial charge in [0.25, 0.3) is 0 Å². The van der Waals surface area contributed by atoms with Crippen molar-refractivity contribution >= 4 is 49.9 Å². The minimum absolute atomic E-state index is 0.0660. The Balaban J connectivity index is 1.98. The average molecular weight is 462 g/mol. The molecule has 1 saturated heterocycles. The molecule has 0 bridgehead atoms. The van der Waals surface area contributed by atoms with Gasteiger partial charge in [0.2, 0.25) is 0 Å². The highest BCUT2D eigenvalue weighted by Gasteiger charge is 2.27. The van der Waals surface area contributed by atoms with Gasteiger partial charge in [0.1, 0.15) is 5.82 Å². The maximum absolute atomic E-state index is 13.2. The second-order valence-corrected chi connectivity index (χ2v) is 7.11. The van der Waals surface area contributed by atoms with Crippen molar-refractivity contribution in [2.24, 2.45) is 16.9 Å². The molecule has 1 atom stereocenters. The Morgan fingerprint density at radius 3 is 2.54 bits per heavy atom. The number of piperidine rings is 1. The van der Waals surface area contributed by atoms with Crippen molar-refractivity contribution in [1.82, 2.24) is 4.90 Å². The molecule has 24 heavy (non-hydrogen) atoms. The Morgan fingerprint density at radius 2 is 2.04 bits per heavy atom. The summed E-state index contributed by atoms with van der Waals surface area (Å²) in [5, 5.41) is 22.4.